The molecule has 1 saturated heterocycles. The predicted octanol–water partition coefficient (Wildman–Crippen LogP) is 2.49. The van der Waals surface area contributed by atoms with E-state index in [2.05, 4.69) is 10.1 Å². The highest BCUT2D eigenvalue weighted by Crippen LogP contribution is 2.34. The van der Waals surface area contributed by atoms with Crippen molar-refractivity contribution < 1.29 is 19.1 Å². The van der Waals surface area contributed by atoms with Crippen LogP contribution in [0.3, 0.4) is 0 Å². The van der Waals surface area contributed by atoms with Crippen molar-refractivity contribution in [1.82, 2.24) is 10.1 Å². The summed E-state index contributed by atoms with van der Waals surface area (Å²) in [7, 11) is 0. The molecule has 1 unspecified atom stereocenters. The molecule has 0 saturated carbocycles. The molecular formula is C16H20Cl2N2O4. The lowest BCUT2D eigenvalue weighted by atomic mass is 10.2. The van der Waals surface area contributed by atoms with Crippen LogP contribution in [0.5, 0.6) is 5.88 Å². The number of benzene rings is 1. The highest BCUT2D eigenvalue weighted by Gasteiger charge is 2.19. The zero-order valence-electron chi connectivity index (χ0n) is 13.1. The van der Waals surface area contributed by atoms with Crippen LogP contribution in [-0.2, 0) is 4.74 Å². The Bertz CT molecular complexity index is 618. The van der Waals surface area contributed by atoms with Crippen molar-refractivity contribution in [3.8, 4) is 17.2 Å². The second kappa shape index (κ2) is 9.25. The van der Waals surface area contributed by atoms with Gasteiger partial charge in [-0.05, 0) is 5.16 Å². The van der Waals surface area contributed by atoms with Crippen LogP contribution in [0.4, 0.5) is 0 Å². The highest BCUT2D eigenvalue weighted by molar-refractivity contribution is 6.34. The van der Waals surface area contributed by atoms with Gasteiger partial charge in [-0.15, -0.1) is 12.4 Å². The van der Waals surface area contributed by atoms with Gasteiger partial charge in [0, 0.05) is 25.2 Å². The summed E-state index contributed by atoms with van der Waals surface area (Å²) in [6.07, 6.45) is -0.624. The van der Waals surface area contributed by atoms with Crippen molar-refractivity contribution in [3.63, 3.8) is 0 Å². The summed E-state index contributed by atoms with van der Waals surface area (Å²) in [5, 5.41) is 14.2. The molecule has 1 aliphatic heterocycles. The first kappa shape index (κ1) is 19.0. The van der Waals surface area contributed by atoms with E-state index in [0.29, 0.717) is 30.5 Å². The monoisotopic (exact) mass is 374 g/mol. The number of halogens is 2. The molecule has 1 aromatic heterocycles. The summed E-state index contributed by atoms with van der Waals surface area (Å²) in [5.74, 6) is 0.663. The third-order valence-electron chi connectivity index (χ3n) is 3.63. The Morgan fingerprint density at radius 3 is 2.67 bits per heavy atom. The van der Waals surface area contributed by atoms with Crippen molar-refractivity contribution in [2.24, 2.45) is 0 Å². The Balaban J connectivity index is 0.00000208. The number of aliphatic hydroxyl groups excluding tert-OH is 1. The summed E-state index contributed by atoms with van der Waals surface area (Å²) in [6.45, 7) is 3.67. The highest BCUT2D eigenvalue weighted by atomic mass is 35.5. The second-order valence-corrected chi connectivity index (χ2v) is 5.75. The van der Waals surface area contributed by atoms with E-state index in [1.807, 2.05) is 30.3 Å². The van der Waals surface area contributed by atoms with E-state index in [4.69, 9.17) is 25.6 Å². The standard InChI is InChI=1S/C16H19ClN2O4.ClH/c17-14-15(12-4-2-1-3-5-12)23-18-16(14)22-11-13(20)10-19-6-8-21-9-7-19;/h1-5,13,20H,6-11H2;1H. The van der Waals surface area contributed by atoms with Crippen LogP contribution in [0.2, 0.25) is 5.02 Å². The maximum atomic E-state index is 10.1. The Hall–Kier alpha value is -1.31. The number of rotatable bonds is 6. The number of hydrogen-bond acceptors (Lipinski definition) is 6. The van der Waals surface area contributed by atoms with Gasteiger partial charge in [-0.2, -0.15) is 0 Å². The van der Waals surface area contributed by atoms with Crippen LogP contribution in [0, 0.1) is 0 Å². The second-order valence-electron chi connectivity index (χ2n) is 5.37. The van der Waals surface area contributed by atoms with Crippen LogP contribution >= 0.6 is 24.0 Å². The molecule has 0 radical (unpaired) electrons. The summed E-state index contributed by atoms with van der Waals surface area (Å²) in [5.41, 5.74) is 0.828. The minimum Gasteiger partial charge on any atom is -0.472 e. The summed E-state index contributed by atoms with van der Waals surface area (Å²) < 4.78 is 16.0. The maximum Gasteiger partial charge on any atom is 0.273 e. The van der Waals surface area contributed by atoms with Crippen molar-refractivity contribution in [2.45, 2.75) is 6.10 Å². The van der Waals surface area contributed by atoms with Crippen molar-refractivity contribution in [1.29, 1.82) is 0 Å². The largest absolute Gasteiger partial charge is 0.472 e. The molecule has 1 aliphatic rings. The minimum atomic E-state index is -0.624. The van der Waals surface area contributed by atoms with Crippen LogP contribution in [-0.4, -0.2) is 60.7 Å². The van der Waals surface area contributed by atoms with E-state index in [-0.39, 0.29) is 24.9 Å². The zero-order chi connectivity index (χ0) is 16.1. The first-order chi connectivity index (χ1) is 11.2. The first-order valence-corrected chi connectivity index (χ1v) is 7.93. The molecule has 0 amide bonds. The van der Waals surface area contributed by atoms with E-state index in [9.17, 15) is 5.11 Å². The smallest absolute Gasteiger partial charge is 0.273 e. The maximum absolute atomic E-state index is 10.1. The van der Waals surface area contributed by atoms with Gasteiger partial charge in [0.05, 0.1) is 13.2 Å². The molecule has 1 atom stereocenters. The lowest BCUT2D eigenvalue weighted by Gasteiger charge is -2.28. The molecule has 1 fully saturated rings. The summed E-state index contributed by atoms with van der Waals surface area (Å²) in [6, 6.07) is 9.45. The van der Waals surface area contributed by atoms with E-state index in [1.54, 1.807) is 0 Å². The molecule has 2 aromatic rings. The third-order valence-corrected chi connectivity index (χ3v) is 3.96. The molecule has 1 aromatic carbocycles. The molecule has 6 nitrogen and oxygen atoms in total. The van der Waals surface area contributed by atoms with Crippen molar-refractivity contribution >= 4 is 24.0 Å². The fourth-order valence-electron chi connectivity index (χ4n) is 2.43. The van der Waals surface area contributed by atoms with Crippen molar-refractivity contribution in [3.05, 3.63) is 35.4 Å². The quantitative estimate of drug-likeness (QED) is 0.837. The molecule has 0 spiro atoms. The number of aromatic nitrogens is 1. The first-order valence-electron chi connectivity index (χ1n) is 7.55. The van der Waals surface area contributed by atoms with Gasteiger partial charge >= 0.3 is 0 Å². The lowest BCUT2D eigenvalue weighted by molar-refractivity contribution is 0.00397. The Morgan fingerprint density at radius 2 is 1.96 bits per heavy atom. The minimum absolute atomic E-state index is 0. The van der Waals surface area contributed by atoms with Crippen LogP contribution in [0.15, 0.2) is 34.9 Å². The van der Waals surface area contributed by atoms with Crippen LogP contribution < -0.4 is 4.74 Å². The number of morpholine rings is 1. The number of β-amino-alcohol motifs (C(OH)–C–C–N with tert-alkyl or cyclic N) is 1. The van der Waals surface area contributed by atoms with Gasteiger partial charge in [0.15, 0.2) is 10.8 Å². The number of nitrogens with zero attached hydrogens (tertiary/aromatic N) is 2. The average molecular weight is 375 g/mol. The number of aliphatic hydroxyl groups is 1. The van der Waals surface area contributed by atoms with Gasteiger partial charge in [-0.3, -0.25) is 4.90 Å². The van der Waals surface area contributed by atoms with E-state index < -0.39 is 6.10 Å². The van der Waals surface area contributed by atoms with Gasteiger partial charge in [0.25, 0.3) is 5.88 Å². The predicted molar refractivity (Wildman–Crippen MR) is 93.0 cm³/mol. The van der Waals surface area contributed by atoms with E-state index in [0.717, 1.165) is 18.7 Å². The van der Waals surface area contributed by atoms with Crippen molar-refractivity contribution in [2.75, 3.05) is 39.5 Å². The Kier molecular flexibility index (Phi) is 7.33. The van der Waals surface area contributed by atoms with Crippen LogP contribution in [0.25, 0.3) is 11.3 Å². The topological polar surface area (TPSA) is 68.0 Å². The van der Waals surface area contributed by atoms with E-state index in [1.165, 1.54) is 0 Å². The van der Waals surface area contributed by atoms with Gasteiger partial charge in [0.1, 0.15) is 12.7 Å². The Labute approximate surface area is 151 Å². The summed E-state index contributed by atoms with van der Waals surface area (Å²) >= 11 is 6.24. The molecule has 24 heavy (non-hydrogen) atoms. The molecule has 2 heterocycles. The lowest BCUT2D eigenvalue weighted by Crippen LogP contribution is -2.42. The summed E-state index contributed by atoms with van der Waals surface area (Å²) in [4.78, 5) is 2.14. The Morgan fingerprint density at radius 1 is 1.25 bits per heavy atom. The third kappa shape index (κ3) is 4.84. The number of ether oxygens (including phenoxy) is 2. The SMILES string of the molecule is Cl.OC(COc1noc(-c2ccccc2)c1Cl)CN1CCOCC1. The zero-order valence-corrected chi connectivity index (χ0v) is 14.6. The fourth-order valence-corrected chi connectivity index (χ4v) is 2.67. The van der Waals surface area contributed by atoms with Gasteiger partial charge in [-0.1, -0.05) is 41.9 Å². The fraction of sp³-hybridized carbons (Fsp3) is 0.438. The van der Waals surface area contributed by atoms with E-state index >= 15 is 0 Å². The molecule has 8 heteroatoms. The van der Waals surface area contributed by atoms with Gasteiger partial charge in [0.2, 0.25) is 0 Å². The molecule has 0 aliphatic carbocycles. The molecule has 0 bridgehead atoms. The molecular weight excluding hydrogens is 355 g/mol. The number of hydrogen-bond donors (Lipinski definition) is 1. The van der Waals surface area contributed by atoms with Crippen LogP contribution in [0.1, 0.15) is 0 Å². The average Bonchev–Trinajstić information content (AvgIpc) is 2.95. The molecule has 1 N–H and O–H groups in total. The molecule has 132 valence electrons. The van der Waals surface area contributed by atoms with Gasteiger partial charge < -0.3 is 19.1 Å². The van der Waals surface area contributed by atoms with Gasteiger partial charge in [-0.25, -0.2) is 0 Å². The molecule has 3 rings (SSSR count). The normalized spacial score (nSPS) is 16.4.